The molecule has 1 aromatic carbocycles. The first-order chi connectivity index (χ1) is 8.93. The van der Waals surface area contributed by atoms with Gasteiger partial charge in [0.1, 0.15) is 5.52 Å². The second kappa shape index (κ2) is 4.11. The second-order valence-corrected chi connectivity index (χ2v) is 4.40. The summed E-state index contributed by atoms with van der Waals surface area (Å²) in [6.45, 7) is 0.627. The van der Waals surface area contributed by atoms with Crippen LogP contribution in [-0.2, 0) is 11.7 Å². The largest absolute Gasteiger partial charge is 0.438 e. The molecule has 110 valence electrons. The van der Waals surface area contributed by atoms with Crippen molar-refractivity contribution in [2.24, 2.45) is 5.73 Å². The minimum Gasteiger partial charge on any atom is -0.438 e. The molecule has 3 nitrogen and oxygen atoms in total. The molecule has 2 N–H and O–H groups in total. The molecule has 1 heterocycles. The van der Waals surface area contributed by atoms with Crippen LogP contribution < -0.4 is 5.73 Å². The molecule has 1 atom stereocenters. The summed E-state index contributed by atoms with van der Waals surface area (Å²) in [6.07, 6.45) is -9.47. The summed E-state index contributed by atoms with van der Waals surface area (Å²) in [5, 5.41) is 0. The lowest BCUT2D eigenvalue weighted by Gasteiger charge is -2.23. The van der Waals surface area contributed by atoms with Gasteiger partial charge in [-0.05, 0) is 25.1 Å². The highest BCUT2D eigenvalue weighted by Crippen LogP contribution is 2.38. The molecule has 0 bridgehead atoms. The van der Waals surface area contributed by atoms with Crippen molar-refractivity contribution in [1.82, 2.24) is 4.98 Å². The summed E-state index contributed by atoms with van der Waals surface area (Å²) in [4.78, 5) is 3.41. The minimum atomic E-state index is -4.85. The minimum absolute atomic E-state index is 0.200. The number of alkyl halides is 6. The van der Waals surface area contributed by atoms with Crippen LogP contribution in [-0.4, -0.2) is 11.2 Å². The first-order valence-electron chi connectivity index (χ1n) is 5.27. The fraction of sp³-hybridized carbons (Fsp3) is 0.364. The molecule has 20 heavy (non-hydrogen) atoms. The topological polar surface area (TPSA) is 52.0 Å². The Morgan fingerprint density at radius 3 is 2.20 bits per heavy atom. The molecule has 0 saturated heterocycles. The lowest BCUT2D eigenvalue weighted by molar-refractivity contribution is -0.189. The van der Waals surface area contributed by atoms with Gasteiger partial charge in [0, 0.05) is 0 Å². The van der Waals surface area contributed by atoms with Crippen molar-refractivity contribution in [2.75, 3.05) is 0 Å². The summed E-state index contributed by atoms with van der Waals surface area (Å²) < 4.78 is 80.4. The highest BCUT2D eigenvalue weighted by molar-refractivity contribution is 5.73. The van der Waals surface area contributed by atoms with Gasteiger partial charge < -0.3 is 10.2 Å². The molecular weight excluding hydrogens is 290 g/mol. The Labute approximate surface area is 108 Å². The molecule has 9 heteroatoms. The van der Waals surface area contributed by atoms with E-state index in [1.165, 1.54) is 0 Å². The summed E-state index contributed by atoms with van der Waals surface area (Å²) >= 11 is 0. The van der Waals surface area contributed by atoms with Crippen molar-refractivity contribution >= 4 is 11.1 Å². The third kappa shape index (κ3) is 2.33. The average Bonchev–Trinajstić information content (AvgIpc) is 2.68. The molecule has 0 spiro atoms. The summed E-state index contributed by atoms with van der Waals surface area (Å²) in [7, 11) is 0. The van der Waals surface area contributed by atoms with Gasteiger partial charge in [0.2, 0.25) is 5.89 Å². The van der Waals surface area contributed by atoms with Crippen molar-refractivity contribution in [3.05, 3.63) is 29.7 Å². The number of rotatable bonds is 1. The molecule has 0 radical (unpaired) electrons. The Bertz CT molecular complexity index is 640. The molecule has 0 amide bonds. The number of hydrogen-bond donors (Lipinski definition) is 1. The lowest BCUT2D eigenvalue weighted by Crippen LogP contribution is -2.47. The van der Waals surface area contributed by atoms with E-state index >= 15 is 0 Å². The Hall–Kier alpha value is -1.77. The molecular formula is C11H8F6N2O. The number of halogens is 6. The van der Waals surface area contributed by atoms with Crippen molar-refractivity contribution < 1.29 is 30.8 Å². The summed E-state index contributed by atoms with van der Waals surface area (Å²) in [6, 6.07) is 2.20. The maximum absolute atomic E-state index is 12.7. The summed E-state index contributed by atoms with van der Waals surface area (Å²) in [5.41, 5.74) is 0.646. The second-order valence-electron chi connectivity index (χ2n) is 4.40. The van der Waals surface area contributed by atoms with E-state index in [4.69, 9.17) is 10.2 Å². The smallest absolute Gasteiger partial charge is 0.416 e. The van der Waals surface area contributed by atoms with Crippen LogP contribution in [0.25, 0.3) is 11.1 Å². The number of nitrogens with two attached hydrogens (primary N) is 1. The first kappa shape index (κ1) is 14.6. The zero-order valence-corrected chi connectivity index (χ0v) is 9.93. The third-order valence-corrected chi connectivity index (χ3v) is 2.75. The normalized spacial score (nSPS) is 16.4. The van der Waals surface area contributed by atoms with Gasteiger partial charge in [0.25, 0.3) is 0 Å². The van der Waals surface area contributed by atoms with E-state index in [0.717, 1.165) is 6.07 Å². The van der Waals surface area contributed by atoms with E-state index in [-0.39, 0.29) is 11.1 Å². The Balaban J connectivity index is 2.55. The van der Waals surface area contributed by atoms with E-state index < -0.39 is 29.3 Å². The Morgan fingerprint density at radius 2 is 1.70 bits per heavy atom. The maximum atomic E-state index is 12.7. The predicted molar refractivity (Wildman–Crippen MR) is 56.6 cm³/mol. The van der Waals surface area contributed by atoms with E-state index in [9.17, 15) is 26.3 Å². The van der Waals surface area contributed by atoms with E-state index in [1.807, 2.05) is 0 Å². The zero-order chi connectivity index (χ0) is 15.3. The van der Waals surface area contributed by atoms with Crippen LogP contribution in [0.15, 0.2) is 22.6 Å². The first-order valence-corrected chi connectivity index (χ1v) is 5.27. The van der Waals surface area contributed by atoms with Crippen LogP contribution in [0.2, 0.25) is 0 Å². The molecule has 0 aliphatic rings. The van der Waals surface area contributed by atoms with Crippen LogP contribution in [0, 0.1) is 0 Å². The van der Waals surface area contributed by atoms with Crippen LogP contribution in [0.3, 0.4) is 0 Å². The molecule has 2 aromatic rings. The van der Waals surface area contributed by atoms with Crippen molar-refractivity contribution in [1.29, 1.82) is 0 Å². The number of hydrogen-bond acceptors (Lipinski definition) is 3. The molecule has 0 aliphatic carbocycles. The fourth-order valence-corrected chi connectivity index (χ4v) is 1.45. The van der Waals surface area contributed by atoms with Gasteiger partial charge >= 0.3 is 12.4 Å². The highest BCUT2D eigenvalue weighted by atomic mass is 19.4. The molecule has 1 aromatic heterocycles. The third-order valence-electron chi connectivity index (χ3n) is 2.75. The molecule has 0 fully saturated rings. The Kier molecular flexibility index (Phi) is 3.01. The molecule has 0 aliphatic heterocycles. The van der Waals surface area contributed by atoms with Gasteiger partial charge in [-0.2, -0.15) is 26.3 Å². The predicted octanol–water partition coefficient (Wildman–Crippen LogP) is 3.58. The van der Waals surface area contributed by atoms with Crippen LogP contribution in [0.5, 0.6) is 0 Å². The number of oxazole rings is 1. The van der Waals surface area contributed by atoms with Crippen molar-refractivity contribution in [3.8, 4) is 0 Å². The van der Waals surface area contributed by atoms with Gasteiger partial charge in [-0.3, -0.25) is 0 Å². The van der Waals surface area contributed by atoms with Crippen LogP contribution >= 0.6 is 0 Å². The molecule has 2 rings (SSSR count). The van der Waals surface area contributed by atoms with Gasteiger partial charge in [0.05, 0.1) is 5.56 Å². The quantitative estimate of drug-likeness (QED) is 0.819. The van der Waals surface area contributed by atoms with E-state index in [0.29, 0.717) is 19.1 Å². The summed E-state index contributed by atoms with van der Waals surface area (Å²) in [5.74, 6) is -0.890. The number of aromatic nitrogens is 1. The molecule has 1 unspecified atom stereocenters. The lowest BCUT2D eigenvalue weighted by atomic mass is 10.0. The SMILES string of the molecule is CC(N)(c1nc2cc(C(F)(F)F)ccc2o1)C(F)(F)F. The number of fused-ring (bicyclic) bond motifs is 1. The maximum Gasteiger partial charge on any atom is 0.416 e. The van der Waals surface area contributed by atoms with Gasteiger partial charge in [-0.25, -0.2) is 4.98 Å². The van der Waals surface area contributed by atoms with E-state index in [1.54, 1.807) is 0 Å². The number of benzene rings is 1. The molecule has 0 saturated carbocycles. The van der Waals surface area contributed by atoms with Crippen LogP contribution in [0.4, 0.5) is 26.3 Å². The highest BCUT2D eigenvalue weighted by Gasteiger charge is 2.53. The van der Waals surface area contributed by atoms with E-state index in [2.05, 4.69) is 4.98 Å². The van der Waals surface area contributed by atoms with Gasteiger partial charge in [-0.15, -0.1) is 0 Å². The fourth-order valence-electron chi connectivity index (χ4n) is 1.45. The monoisotopic (exact) mass is 298 g/mol. The van der Waals surface area contributed by atoms with Gasteiger partial charge in [-0.1, -0.05) is 0 Å². The van der Waals surface area contributed by atoms with Crippen LogP contribution in [0.1, 0.15) is 18.4 Å². The van der Waals surface area contributed by atoms with Crippen molar-refractivity contribution in [3.63, 3.8) is 0 Å². The van der Waals surface area contributed by atoms with Crippen molar-refractivity contribution in [2.45, 2.75) is 24.8 Å². The number of nitrogens with zero attached hydrogens (tertiary/aromatic N) is 1. The Morgan fingerprint density at radius 1 is 1.10 bits per heavy atom. The van der Waals surface area contributed by atoms with Gasteiger partial charge in [0.15, 0.2) is 11.1 Å². The average molecular weight is 298 g/mol. The zero-order valence-electron chi connectivity index (χ0n) is 9.93. The standard InChI is InChI=1S/C11H8F6N2O/c1-9(18,11(15,16)17)8-19-6-4-5(10(12,13)14)2-3-7(6)20-8/h2-4H,18H2,1H3.